The summed E-state index contributed by atoms with van der Waals surface area (Å²) in [5.74, 6) is 0. The fourth-order valence-electron chi connectivity index (χ4n) is 0.536. The van der Waals surface area contributed by atoms with Gasteiger partial charge in [0.05, 0.1) is 0 Å². The third kappa shape index (κ3) is 1.33. The van der Waals surface area contributed by atoms with Gasteiger partial charge >= 0.3 is 0 Å². The molecular formula is C6H8N2OS. The first-order valence-electron chi connectivity index (χ1n) is 2.82. The molecule has 0 fully saturated rings. The van der Waals surface area contributed by atoms with Crippen LogP contribution in [0.2, 0.25) is 0 Å². The van der Waals surface area contributed by atoms with Gasteiger partial charge in [-0.2, -0.15) is 0 Å². The smallest absolute Gasteiger partial charge is 0.185 e. The summed E-state index contributed by atoms with van der Waals surface area (Å²) >= 11 is 1.47. The molecule has 0 radical (unpaired) electrons. The number of thiazole rings is 1. The summed E-state index contributed by atoms with van der Waals surface area (Å²) in [5.41, 5.74) is 0.508. The first-order chi connectivity index (χ1) is 4.74. The number of carbonyl (C=O) groups is 1. The van der Waals surface area contributed by atoms with E-state index in [9.17, 15) is 4.79 Å². The van der Waals surface area contributed by atoms with Gasteiger partial charge in [0, 0.05) is 19.5 Å². The molecule has 1 rings (SSSR count). The molecule has 0 spiro atoms. The second kappa shape index (κ2) is 2.79. The standard InChI is InChI=1S/C6H8N2OS/c1-8(2)6-7-5(3-9)4-10-6/h3-4H,1-2H3. The van der Waals surface area contributed by atoms with E-state index in [1.165, 1.54) is 11.3 Å². The van der Waals surface area contributed by atoms with Crippen molar-refractivity contribution in [3.63, 3.8) is 0 Å². The number of hydrogen-bond donors (Lipinski definition) is 0. The van der Waals surface area contributed by atoms with Crippen molar-refractivity contribution in [1.82, 2.24) is 4.98 Å². The summed E-state index contributed by atoms with van der Waals surface area (Å²) in [7, 11) is 3.79. The number of hydrogen-bond acceptors (Lipinski definition) is 4. The maximum Gasteiger partial charge on any atom is 0.185 e. The summed E-state index contributed by atoms with van der Waals surface area (Å²) < 4.78 is 0. The van der Waals surface area contributed by atoms with Crippen LogP contribution in [0.5, 0.6) is 0 Å². The van der Waals surface area contributed by atoms with Crippen molar-refractivity contribution in [2.24, 2.45) is 0 Å². The molecule has 1 heterocycles. The van der Waals surface area contributed by atoms with Crippen molar-refractivity contribution in [3.05, 3.63) is 11.1 Å². The van der Waals surface area contributed by atoms with Gasteiger partial charge < -0.3 is 4.90 Å². The third-order valence-electron chi connectivity index (χ3n) is 1.01. The van der Waals surface area contributed by atoms with Gasteiger partial charge in [0.25, 0.3) is 0 Å². The minimum atomic E-state index is 0.508. The second-order valence-corrected chi connectivity index (χ2v) is 2.90. The van der Waals surface area contributed by atoms with E-state index in [2.05, 4.69) is 4.98 Å². The Bertz CT molecular complexity index is 231. The zero-order chi connectivity index (χ0) is 7.56. The predicted molar refractivity (Wildman–Crippen MR) is 41.8 cm³/mol. The van der Waals surface area contributed by atoms with Crippen molar-refractivity contribution >= 4 is 22.8 Å². The Morgan fingerprint density at radius 3 is 2.70 bits per heavy atom. The lowest BCUT2D eigenvalue weighted by Gasteiger charge is -2.04. The number of nitrogens with zero attached hydrogens (tertiary/aromatic N) is 2. The van der Waals surface area contributed by atoms with E-state index in [0.717, 1.165) is 11.4 Å². The lowest BCUT2D eigenvalue weighted by atomic mass is 10.6. The number of rotatable bonds is 2. The van der Waals surface area contributed by atoms with Gasteiger partial charge in [0.1, 0.15) is 5.69 Å². The van der Waals surface area contributed by atoms with E-state index in [-0.39, 0.29) is 0 Å². The highest BCUT2D eigenvalue weighted by Crippen LogP contribution is 2.16. The Hall–Kier alpha value is -0.900. The molecule has 4 heteroatoms. The Labute approximate surface area is 63.3 Å². The van der Waals surface area contributed by atoms with E-state index < -0.39 is 0 Å². The van der Waals surface area contributed by atoms with Gasteiger partial charge in [0.15, 0.2) is 11.4 Å². The van der Waals surface area contributed by atoms with Crippen molar-refractivity contribution in [2.45, 2.75) is 0 Å². The molecule has 0 atom stereocenters. The summed E-state index contributed by atoms with van der Waals surface area (Å²) in [5, 5.41) is 2.60. The average Bonchev–Trinajstić information content (AvgIpc) is 2.34. The molecule has 0 N–H and O–H groups in total. The number of carbonyl (C=O) groups excluding carboxylic acids is 1. The molecule has 1 aromatic rings. The first kappa shape index (κ1) is 7.21. The third-order valence-corrected chi connectivity index (χ3v) is 2.04. The van der Waals surface area contributed by atoms with E-state index in [1.807, 2.05) is 19.0 Å². The highest BCUT2D eigenvalue weighted by molar-refractivity contribution is 7.13. The second-order valence-electron chi connectivity index (χ2n) is 2.07. The lowest BCUT2D eigenvalue weighted by molar-refractivity contribution is 0.111. The minimum absolute atomic E-state index is 0.508. The number of aromatic nitrogens is 1. The number of anilines is 1. The average molecular weight is 156 g/mol. The van der Waals surface area contributed by atoms with Crippen LogP contribution in [0.4, 0.5) is 5.13 Å². The summed E-state index contributed by atoms with van der Waals surface area (Å²) in [6, 6.07) is 0. The van der Waals surface area contributed by atoms with Crippen LogP contribution in [0, 0.1) is 0 Å². The molecule has 0 aromatic carbocycles. The van der Waals surface area contributed by atoms with Gasteiger partial charge in [-0.05, 0) is 0 Å². The molecule has 0 saturated carbocycles. The van der Waals surface area contributed by atoms with Crippen LogP contribution in [0.25, 0.3) is 0 Å². The fourth-order valence-corrected chi connectivity index (χ4v) is 1.24. The molecule has 3 nitrogen and oxygen atoms in total. The lowest BCUT2D eigenvalue weighted by Crippen LogP contribution is -2.07. The Kier molecular flexibility index (Phi) is 2.01. The van der Waals surface area contributed by atoms with Crippen LogP contribution in [-0.4, -0.2) is 25.4 Å². The van der Waals surface area contributed by atoms with Crippen molar-refractivity contribution < 1.29 is 4.79 Å². The normalized spacial score (nSPS) is 9.40. The summed E-state index contributed by atoms with van der Waals surface area (Å²) in [6.07, 6.45) is 0.753. The monoisotopic (exact) mass is 156 g/mol. The molecule has 0 aliphatic heterocycles. The van der Waals surface area contributed by atoms with Crippen molar-refractivity contribution in [3.8, 4) is 0 Å². The topological polar surface area (TPSA) is 33.2 Å². The van der Waals surface area contributed by atoms with Gasteiger partial charge in [-0.25, -0.2) is 4.98 Å². The van der Waals surface area contributed by atoms with Crippen LogP contribution in [0.1, 0.15) is 10.5 Å². The quantitative estimate of drug-likeness (QED) is 0.599. The molecule has 0 aliphatic carbocycles. The molecule has 54 valence electrons. The Balaban J connectivity index is 2.88. The number of aldehydes is 1. The van der Waals surface area contributed by atoms with Gasteiger partial charge in [-0.3, -0.25) is 4.79 Å². The Morgan fingerprint density at radius 2 is 2.40 bits per heavy atom. The van der Waals surface area contributed by atoms with E-state index >= 15 is 0 Å². The van der Waals surface area contributed by atoms with Gasteiger partial charge in [-0.1, -0.05) is 0 Å². The van der Waals surface area contributed by atoms with E-state index in [4.69, 9.17) is 0 Å². The molecule has 0 amide bonds. The molecule has 1 aromatic heterocycles. The largest absolute Gasteiger partial charge is 0.354 e. The molecule has 0 bridgehead atoms. The van der Waals surface area contributed by atoms with Crippen LogP contribution >= 0.6 is 11.3 Å². The zero-order valence-corrected chi connectivity index (χ0v) is 6.68. The fraction of sp³-hybridized carbons (Fsp3) is 0.333. The molecule has 0 unspecified atom stereocenters. The van der Waals surface area contributed by atoms with Gasteiger partial charge in [0.2, 0.25) is 0 Å². The highest BCUT2D eigenvalue weighted by atomic mass is 32.1. The van der Waals surface area contributed by atoms with Crippen molar-refractivity contribution in [1.29, 1.82) is 0 Å². The maximum absolute atomic E-state index is 10.2. The molecular weight excluding hydrogens is 148 g/mol. The molecule has 0 saturated heterocycles. The summed E-state index contributed by atoms with van der Waals surface area (Å²) in [4.78, 5) is 16.0. The highest BCUT2D eigenvalue weighted by Gasteiger charge is 2.00. The van der Waals surface area contributed by atoms with Gasteiger partial charge in [-0.15, -0.1) is 11.3 Å². The van der Waals surface area contributed by atoms with Crippen LogP contribution in [0.3, 0.4) is 0 Å². The minimum Gasteiger partial charge on any atom is -0.354 e. The van der Waals surface area contributed by atoms with Crippen LogP contribution in [-0.2, 0) is 0 Å². The van der Waals surface area contributed by atoms with E-state index in [0.29, 0.717) is 5.69 Å². The molecule has 0 aliphatic rings. The van der Waals surface area contributed by atoms with Crippen molar-refractivity contribution in [2.75, 3.05) is 19.0 Å². The van der Waals surface area contributed by atoms with E-state index in [1.54, 1.807) is 5.38 Å². The molecule has 10 heavy (non-hydrogen) atoms. The predicted octanol–water partition coefficient (Wildman–Crippen LogP) is 1.02. The van der Waals surface area contributed by atoms with Crippen LogP contribution < -0.4 is 4.90 Å². The summed E-state index contributed by atoms with van der Waals surface area (Å²) in [6.45, 7) is 0. The zero-order valence-electron chi connectivity index (χ0n) is 5.87. The van der Waals surface area contributed by atoms with Crippen LogP contribution in [0.15, 0.2) is 5.38 Å². The SMILES string of the molecule is CN(C)c1nc(C=O)cs1. The first-order valence-corrected chi connectivity index (χ1v) is 3.70. The maximum atomic E-state index is 10.2. The Morgan fingerprint density at radius 1 is 1.70 bits per heavy atom.